The topological polar surface area (TPSA) is 81.4 Å². The van der Waals surface area contributed by atoms with Crippen molar-refractivity contribution in [3.05, 3.63) is 24.0 Å². The molecule has 0 aliphatic carbocycles. The number of hydrogen-bond donors (Lipinski definition) is 2. The summed E-state index contributed by atoms with van der Waals surface area (Å²) in [6.07, 6.45) is 0. The van der Waals surface area contributed by atoms with Crippen molar-refractivity contribution in [2.24, 2.45) is 5.92 Å². The number of rotatable bonds is 6. The Hall–Kier alpha value is -1.18. The predicted octanol–water partition coefficient (Wildman–Crippen LogP) is 0.969. The molecule has 102 valence electrons. The van der Waals surface area contributed by atoms with E-state index in [4.69, 9.17) is 10.5 Å². The molecular weight excluding hydrogens is 259 g/mol. The smallest absolute Gasteiger partial charge is 0.240 e. The van der Waals surface area contributed by atoms with Crippen LogP contribution in [0.4, 0.5) is 10.1 Å². The van der Waals surface area contributed by atoms with Crippen LogP contribution in [0.3, 0.4) is 0 Å². The zero-order valence-electron chi connectivity index (χ0n) is 10.3. The summed E-state index contributed by atoms with van der Waals surface area (Å²) >= 11 is 0. The molecule has 7 heteroatoms. The van der Waals surface area contributed by atoms with Crippen LogP contribution < -0.4 is 10.5 Å². The van der Waals surface area contributed by atoms with Crippen LogP contribution in [-0.2, 0) is 14.8 Å². The highest BCUT2D eigenvalue weighted by Crippen LogP contribution is 2.16. The molecule has 0 radical (unpaired) electrons. The van der Waals surface area contributed by atoms with Gasteiger partial charge in [0, 0.05) is 20.3 Å². The quantitative estimate of drug-likeness (QED) is 0.759. The van der Waals surface area contributed by atoms with Crippen LogP contribution in [0, 0.1) is 11.7 Å². The van der Waals surface area contributed by atoms with Crippen molar-refractivity contribution in [1.82, 2.24) is 4.72 Å². The number of nitrogens with one attached hydrogen (secondary N) is 1. The van der Waals surface area contributed by atoms with Crippen molar-refractivity contribution in [3.63, 3.8) is 0 Å². The molecule has 0 spiro atoms. The van der Waals surface area contributed by atoms with Gasteiger partial charge in [-0.3, -0.25) is 0 Å². The number of nitrogens with two attached hydrogens (primary N) is 1. The summed E-state index contributed by atoms with van der Waals surface area (Å²) in [7, 11) is -2.17. The van der Waals surface area contributed by atoms with Crippen LogP contribution in [0.25, 0.3) is 0 Å². The summed E-state index contributed by atoms with van der Waals surface area (Å²) in [5.74, 6) is -0.716. The van der Waals surface area contributed by atoms with E-state index < -0.39 is 15.8 Å². The Morgan fingerprint density at radius 1 is 1.50 bits per heavy atom. The molecule has 5 nitrogen and oxygen atoms in total. The minimum Gasteiger partial charge on any atom is -0.396 e. The second kappa shape index (κ2) is 6.12. The Bertz CT molecular complexity index is 505. The van der Waals surface area contributed by atoms with E-state index in [9.17, 15) is 12.8 Å². The highest BCUT2D eigenvalue weighted by Gasteiger charge is 2.16. The van der Waals surface area contributed by atoms with Gasteiger partial charge in [0.1, 0.15) is 5.82 Å². The zero-order chi connectivity index (χ0) is 13.8. The number of halogens is 1. The molecule has 0 aliphatic heterocycles. The molecule has 0 heterocycles. The number of benzene rings is 1. The number of methoxy groups -OCH3 is 1. The molecule has 0 saturated heterocycles. The molecule has 0 bridgehead atoms. The van der Waals surface area contributed by atoms with Crippen LogP contribution >= 0.6 is 0 Å². The van der Waals surface area contributed by atoms with Crippen LogP contribution in [0.1, 0.15) is 6.92 Å². The molecule has 1 unspecified atom stereocenters. The molecule has 0 saturated carbocycles. The Morgan fingerprint density at radius 2 is 2.17 bits per heavy atom. The largest absolute Gasteiger partial charge is 0.396 e. The monoisotopic (exact) mass is 276 g/mol. The molecule has 1 rings (SSSR count). The third-order valence-corrected chi connectivity index (χ3v) is 3.78. The zero-order valence-corrected chi connectivity index (χ0v) is 11.1. The molecule has 1 atom stereocenters. The Balaban J connectivity index is 2.77. The first-order chi connectivity index (χ1) is 8.36. The molecule has 3 N–H and O–H groups in total. The third-order valence-electron chi connectivity index (χ3n) is 2.36. The van der Waals surface area contributed by atoms with E-state index in [1.165, 1.54) is 12.1 Å². The lowest BCUT2D eigenvalue weighted by Crippen LogP contribution is -2.30. The van der Waals surface area contributed by atoms with Gasteiger partial charge < -0.3 is 10.5 Å². The van der Waals surface area contributed by atoms with Gasteiger partial charge in [-0.15, -0.1) is 0 Å². The Kier molecular flexibility index (Phi) is 5.06. The fraction of sp³-hybridized carbons (Fsp3) is 0.455. The maximum Gasteiger partial charge on any atom is 0.240 e. The standard InChI is InChI=1S/C11H17FN2O3S/c1-8(7-17-2)6-14-18(15,16)9-3-4-11(13)10(12)5-9/h3-5,8,14H,6-7,13H2,1-2H3. The molecule has 0 aromatic heterocycles. The van der Waals surface area contributed by atoms with Crippen molar-refractivity contribution in [3.8, 4) is 0 Å². The van der Waals surface area contributed by atoms with E-state index in [1.54, 1.807) is 7.11 Å². The van der Waals surface area contributed by atoms with Gasteiger partial charge in [0.25, 0.3) is 0 Å². The molecule has 0 aliphatic rings. The molecule has 0 amide bonds. The number of sulfonamides is 1. The fourth-order valence-electron chi connectivity index (χ4n) is 1.35. The summed E-state index contributed by atoms with van der Waals surface area (Å²) in [6.45, 7) is 2.51. The van der Waals surface area contributed by atoms with Crippen LogP contribution in [0.5, 0.6) is 0 Å². The van der Waals surface area contributed by atoms with Gasteiger partial charge in [0.2, 0.25) is 10.0 Å². The number of hydrogen-bond acceptors (Lipinski definition) is 4. The summed E-state index contributed by atoms with van der Waals surface area (Å²) in [5.41, 5.74) is 5.21. The Labute approximate surface area is 106 Å². The summed E-state index contributed by atoms with van der Waals surface area (Å²) in [4.78, 5) is -0.140. The van der Waals surface area contributed by atoms with E-state index in [-0.39, 0.29) is 23.0 Å². The fourth-order valence-corrected chi connectivity index (χ4v) is 2.53. The van der Waals surface area contributed by atoms with Gasteiger partial charge >= 0.3 is 0 Å². The first-order valence-electron chi connectivity index (χ1n) is 5.40. The van der Waals surface area contributed by atoms with Crippen molar-refractivity contribution in [2.75, 3.05) is 26.0 Å². The van der Waals surface area contributed by atoms with Crippen LogP contribution in [-0.4, -0.2) is 28.7 Å². The van der Waals surface area contributed by atoms with E-state index in [0.29, 0.717) is 6.61 Å². The summed E-state index contributed by atoms with van der Waals surface area (Å²) < 4.78 is 44.2. The van der Waals surface area contributed by atoms with E-state index in [0.717, 1.165) is 6.07 Å². The van der Waals surface area contributed by atoms with Crippen molar-refractivity contribution >= 4 is 15.7 Å². The van der Waals surface area contributed by atoms with E-state index in [1.807, 2.05) is 6.92 Å². The van der Waals surface area contributed by atoms with Gasteiger partial charge in [0.05, 0.1) is 10.6 Å². The van der Waals surface area contributed by atoms with Gasteiger partial charge in [-0.2, -0.15) is 0 Å². The molecule has 0 fully saturated rings. The van der Waals surface area contributed by atoms with Crippen molar-refractivity contribution in [1.29, 1.82) is 0 Å². The van der Waals surface area contributed by atoms with E-state index >= 15 is 0 Å². The van der Waals surface area contributed by atoms with Gasteiger partial charge in [0.15, 0.2) is 0 Å². The van der Waals surface area contributed by atoms with Crippen molar-refractivity contribution < 1.29 is 17.5 Å². The van der Waals surface area contributed by atoms with Crippen molar-refractivity contribution in [2.45, 2.75) is 11.8 Å². The summed E-state index contributed by atoms with van der Waals surface area (Å²) in [5, 5.41) is 0. The summed E-state index contributed by atoms with van der Waals surface area (Å²) in [6, 6.07) is 3.39. The van der Waals surface area contributed by atoms with E-state index in [2.05, 4.69) is 4.72 Å². The number of nitrogen functional groups attached to an aromatic ring is 1. The SMILES string of the molecule is COCC(C)CNS(=O)(=O)c1ccc(N)c(F)c1. The molecule has 18 heavy (non-hydrogen) atoms. The normalized spacial score (nSPS) is 13.5. The highest BCUT2D eigenvalue weighted by atomic mass is 32.2. The minimum atomic E-state index is -3.71. The lowest BCUT2D eigenvalue weighted by molar-refractivity contribution is 0.161. The maximum atomic E-state index is 13.2. The molecule has 1 aromatic carbocycles. The number of anilines is 1. The molecule has 1 aromatic rings. The number of ether oxygens (including phenoxy) is 1. The minimum absolute atomic E-state index is 0.0309. The lowest BCUT2D eigenvalue weighted by atomic mass is 10.2. The van der Waals surface area contributed by atoms with Gasteiger partial charge in [-0.25, -0.2) is 17.5 Å². The second-order valence-corrected chi connectivity index (χ2v) is 5.86. The van der Waals surface area contributed by atoms with Crippen LogP contribution in [0.2, 0.25) is 0 Å². The third kappa shape index (κ3) is 3.94. The second-order valence-electron chi connectivity index (χ2n) is 4.10. The molecular formula is C11H17FN2O3S. The maximum absolute atomic E-state index is 13.2. The average molecular weight is 276 g/mol. The van der Waals surface area contributed by atoms with Gasteiger partial charge in [-0.1, -0.05) is 6.92 Å². The van der Waals surface area contributed by atoms with Crippen LogP contribution in [0.15, 0.2) is 23.1 Å². The lowest BCUT2D eigenvalue weighted by Gasteiger charge is -2.12. The first kappa shape index (κ1) is 14.9. The first-order valence-corrected chi connectivity index (χ1v) is 6.88. The predicted molar refractivity (Wildman–Crippen MR) is 67.0 cm³/mol. The average Bonchev–Trinajstić information content (AvgIpc) is 2.30. The Morgan fingerprint density at radius 3 is 2.72 bits per heavy atom. The highest BCUT2D eigenvalue weighted by molar-refractivity contribution is 7.89. The van der Waals surface area contributed by atoms with Gasteiger partial charge in [-0.05, 0) is 24.1 Å².